The van der Waals surface area contributed by atoms with E-state index >= 15 is 0 Å². The second-order valence-electron chi connectivity index (χ2n) is 4.21. The zero-order valence-electron chi connectivity index (χ0n) is 11.0. The zero-order valence-corrected chi connectivity index (χ0v) is 11.0. The molecule has 0 saturated heterocycles. The summed E-state index contributed by atoms with van der Waals surface area (Å²) >= 11 is 0. The van der Waals surface area contributed by atoms with E-state index in [4.69, 9.17) is 15.2 Å². The Morgan fingerprint density at radius 1 is 1.29 bits per heavy atom. The Morgan fingerprint density at radius 2 is 2.06 bits per heavy atom. The third-order valence-electron chi connectivity index (χ3n) is 2.60. The smallest absolute Gasteiger partial charge is 0.124 e. The molecular formula is C14H23NO2. The van der Waals surface area contributed by atoms with Gasteiger partial charge in [-0.3, -0.25) is 0 Å². The minimum absolute atomic E-state index is 0.274. The van der Waals surface area contributed by atoms with Gasteiger partial charge in [0.1, 0.15) is 5.75 Å². The Kier molecular flexibility index (Phi) is 5.84. The van der Waals surface area contributed by atoms with Gasteiger partial charge in [-0.2, -0.15) is 0 Å². The van der Waals surface area contributed by atoms with E-state index < -0.39 is 0 Å². The first-order valence-electron chi connectivity index (χ1n) is 6.30. The highest BCUT2D eigenvalue weighted by Gasteiger charge is 2.07. The molecule has 1 aromatic carbocycles. The molecule has 3 nitrogen and oxygen atoms in total. The average molecular weight is 237 g/mol. The van der Waals surface area contributed by atoms with E-state index in [0.29, 0.717) is 13.2 Å². The van der Waals surface area contributed by atoms with Gasteiger partial charge in [0, 0.05) is 11.3 Å². The molecule has 1 aromatic rings. The van der Waals surface area contributed by atoms with Gasteiger partial charge in [0.2, 0.25) is 0 Å². The van der Waals surface area contributed by atoms with Crippen molar-refractivity contribution in [3.8, 4) is 5.75 Å². The molecule has 1 rings (SSSR count). The maximum Gasteiger partial charge on any atom is 0.124 e. The molecule has 0 aromatic heterocycles. The van der Waals surface area contributed by atoms with E-state index in [0.717, 1.165) is 29.8 Å². The van der Waals surface area contributed by atoms with Crippen molar-refractivity contribution < 1.29 is 9.47 Å². The molecule has 0 aliphatic heterocycles. The van der Waals surface area contributed by atoms with Crippen molar-refractivity contribution >= 4 is 5.69 Å². The molecule has 0 aliphatic rings. The van der Waals surface area contributed by atoms with Crippen LogP contribution in [0.15, 0.2) is 18.2 Å². The van der Waals surface area contributed by atoms with Crippen molar-refractivity contribution in [1.29, 1.82) is 0 Å². The fourth-order valence-corrected chi connectivity index (χ4v) is 1.73. The highest BCUT2D eigenvalue weighted by atomic mass is 16.5. The molecule has 0 spiro atoms. The summed E-state index contributed by atoms with van der Waals surface area (Å²) in [5.74, 6) is 0.866. The Bertz CT molecular complexity index is 339. The van der Waals surface area contributed by atoms with E-state index in [-0.39, 0.29) is 6.10 Å². The van der Waals surface area contributed by atoms with Crippen molar-refractivity contribution in [2.24, 2.45) is 0 Å². The first-order chi connectivity index (χ1) is 8.17. The van der Waals surface area contributed by atoms with Gasteiger partial charge in [0.05, 0.1) is 19.3 Å². The first-order valence-corrected chi connectivity index (χ1v) is 6.30. The lowest BCUT2D eigenvalue weighted by atomic mass is 10.2. The van der Waals surface area contributed by atoms with Crippen LogP contribution < -0.4 is 10.5 Å². The number of nitrogens with two attached hydrogens (primary N) is 1. The second kappa shape index (κ2) is 7.17. The standard InChI is InChI=1S/C14H23NO2/c1-4-6-11(3)17-10-12-9-13(15)7-8-14(12)16-5-2/h7-9,11H,4-6,10,15H2,1-3H3. The van der Waals surface area contributed by atoms with Gasteiger partial charge in [-0.05, 0) is 38.5 Å². The molecule has 0 radical (unpaired) electrons. The lowest BCUT2D eigenvalue weighted by molar-refractivity contribution is 0.0459. The Morgan fingerprint density at radius 3 is 2.71 bits per heavy atom. The van der Waals surface area contributed by atoms with Gasteiger partial charge >= 0.3 is 0 Å². The monoisotopic (exact) mass is 237 g/mol. The molecule has 0 bridgehead atoms. The molecule has 17 heavy (non-hydrogen) atoms. The summed E-state index contributed by atoms with van der Waals surface area (Å²) in [4.78, 5) is 0. The largest absolute Gasteiger partial charge is 0.494 e. The lowest BCUT2D eigenvalue weighted by Gasteiger charge is -2.15. The molecule has 2 N–H and O–H groups in total. The van der Waals surface area contributed by atoms with E-state index in [1.54, 1.807) is 0 Å². The molecule has 0 fully saturated rings. The van der Waals surface area contributed by atoms with E-state index in [2.05, 4.69) is 13.8 Å². The first kappa shape index (κ1) is 13.8. The van der Waals surface area contributed by atoms with Gasteiger partial charge in [-0.25, -0.2) is 0 Å². The number of benzene rings is 1. The SMILES string of the molecule is CCCC(C)OCc1cc(N)ccc1OCC. The van der Waals surface area contributed by atoms with Crippen LogP contribution in [0.2, 0.25) is 0 Å². The van der Waals surface area contributed by atoms with Crippen molar-refractivity contribution in [2.45, 2.75) is 46.3 Å². The summed E-state index contributed by atoms with van der Waals surface area (Å²) in [7, 11) is 0. The molecular weight excluding hydrogens is 214 g/mol. The number of anilines is 1. The van der Waals surface area contributed by atoms with Crippen LogP contribution >= 0.6 is 0 Å². The van der Waals surface area contributed by atoms with Gasteiger partial charge < -0.3 is 15.2 Å². The average Bonchev–Trinajstić information content (AvgIpc) is 2.30. The van der Waals surface area contributed by atoms with Gasteiger partial charge in [-0.15, -0.1) is 0 Å². The highest BCUT2D eigenvalue weighted by Crippen LogP contribution is 2.23. The van der Waals surface area contributed by atoms with Gasteiger partial charge in [0.25, 0.3) is 0 Å². The Labute approximate surface area is 104 Å². The van der Waals surface area contributed by atoms with Crippen LogP contribution in [0.3, 0.4) is 0 Å². The van der Waals surface area contributed by atoms with Gasteiger partial charge in [0.15, 0.2) is 0 Å². The number of hydrogen-bond donors (Lipinski definition) is 1. The number of nitrogen functional groups attached to an aromatic ring is 1. The number of rotatable bonds is 7. The van der Waals surface area contributed by atoms with Crippen molar-refractivity contribution in [2.75, 3.05) is 12.3 Å². The third kappa shape index (κ3) is 4.65. The minimum Gasteiger partial charge on any atom is -0.494 e. The van der Waals surface area contributed by atoms with E-state index in [1.807, 2.05) is 25.1 Å². The summed E-state index contributed by atoms with van der Waals surface area (Å²) in [5, 5.41) is 0. The Balaban J connectivity index is 2.64. The zero-order chi connectivity index (χ0) is 12.7. The van der Waals surface area contributed by atoms with Gasteiger partial charge in [-0.1, -0.05) is 13.3 Å². The second-order valence-corrected chi connectivity index (χ2v) is 4.21. The molecule has 96 valence electrons. The summed E-state index contributed by atoms with van der Waals surface area (Å²) in [6.45, 7) is 7.44. The fraction of sp³-hybridized carbons (Fsp3) is 0.571. The summed E-state index contributed by atoms with van der Waals surface area (Å²) in [6.07, 6.45) is 2.48. The summed E-state index contributed by atoms with van der Waals surface area (Å²) < 4.78 is 11.3. The normalized spacial score (nSPS) is 12.4. The molecule has 0 amide bonds. The van der Waals surface area contributed by atoms with E-state index in [1.165, 1.54) is 0 Å². The number of ether oxygens (including phenoxy) is 2. The fourth-order valence-electron chi connectivity index (χ4n) is 1.73. The summed E-state index contributed by atoms with van der Waals surface area (Å²) in [6, 6.07) is 5.68. The van der Waals surface area contributed by atoms with Crippen LogP contribution in [-0.2, 0) is 11.3 Å². The Hall–Kier alpha value is -1.22. The van der Waals surface area contributed by atoms with Crippen molar-refractivity contribution in [1.82, 2.24) is 0 Å². The predicted molar refractivity (Wildman–Crippen MR) is 71.2 cm³/mol. The topological polar surface area (TPSA) is 44.5 Å². The quantitative estimate of drug-likeness (QED) is 0.739. The maximum absolute atomic E-state index is 5.78. The minimum atomic E-state index is 0.274. The van der Waals surface area contributed by atoms with Crippen LogP contribution in [0.5, 0.6) is 5.75 Å². The highest BCUT2D eigenvalue weighted by molar-refractivity contribution is 5.47. The van der Waals surface area contributed by atoms with Crippen LogP contribution in [0.25, 0.3) is 0 Å². The third-order valence-corrected chi connectivity index (χ3v) is 2.60. The molecule has 3 heteroatoms. The molecule has 0 saturated carbocycles. The molecule has 1 unspecified atom stereocenters. The van der Waals surface area contributed by atoms with Crippen LogP contribution in [0.4, 0.5) is 5.69 Å². The van der Waals surface area contributed by atoms with Crippen LogP contribution in [-0.4, -0.2) is 12.7 Å². The van der Waals surface area contributed by atoms with Crippen LogP contribution in [0.1, 0.15) is 39.2 Å². The maximum atomic E-state index is 5.78. The molecule has 0 aliphatic carbocycles. The van der Waals surface area contributed by atoms with E-state index in [9.17, 15) is 0 Å². The van der Waals surface area contributed by atoms with Crippen molar-refractivity contribution in [3.05, 3.63) is 23.8 Å². The van der Waals surface area contributed by atoms with Crippen LogP contribution in [0, 0.1) is 0 Å². The molecule has 0 heterocycles. The summed E-state index contributed by atoms with van der Waals surface area (Å²) in [5.41, 5.74) is 7.55. The van der Waals surface area contributed by atoms with Crippen molar-refractivity contribution in [3.63, 3.8) is 0 Å². The number of hydrogen-bond acceptors (Lipinski definition) is 3. The lowest BCUT2D eigenvalue weighted by Crippen LogP contribution is -2.08. The molecule has 1 atom stereocenters. The predicted octanol–water partition coefficient (Wildman–Crippen LogP) is 3.37.